The zero-order valence-electron chi connectivity index (χ0n) is 12.7. The van der Waals surface area contributed by atoms with Crippen LogP contribution in [-0.2, 0) is 0 Å². The predicted octanol–water partition coefficient (Wildman–Crippen LogP) is 3.36. The van der Waals surface area contributed by atoms with E-state index in [9.17, 15) is 4.79 Å². The van der Waals surface area contributed by atoms with Gasteiger partial charge in [-0.3, -0.25) is 0 Å². The first kappa shape index (κ1) is 15.5. The number of carbonyl (C=O) groups is 1. The minimum Gasteiger partial charge on any atom is -0.497 e. The van der Waals surface area contributed by atoms with Crippen LogP contribution in [0.4, 0.5) is 16.2 Å². The van der Waals surface area contributed by atoms with Crippen molar-refractivity contribution >= 4 is 17.4 Å². The molecule has 0 aliphatic rings. The minimum absolute atomic E-state index is 0.378. The maximum atomic E-state index is 12.1. The number of rotatable bonds is 5. The van der Waals surface area contributed by atoms with E-state index in [0.29, 0.717) is 22.9 Å². The molecule has 0 unspecified atom stereocenters. The van der Waals surface area contributed by atoms with Gasteiger partial charge in [-0.1, -0.05) is 0 Å². The molecule has 0 spiro atoms. The predicted molar refractivity (Wildman–Crippen MR) is 85.2 cm³/mol. The van der Waals surface area contributed by atoms with Crippen LogP contribution >= 0.6 is 0 Å². The van der Waals surface area contributed by atoms with Gasteiger partial charge in [0.05, 0.1) is 27.0 Å². The fourth-order valence-corrected chi connectivity index (χ4v) is 1.87. The first-order chi connectivity index (χ1) is 10.7. The van der Waals surface area contributed by atoms with Crippen molar-refractivity contribution in [1.29, 1.82) is 0 Å². The van der Waals surface area contributed by atoms with E-state index in [0.717, 1.165) is 5.75 Å². The van der Waals surface area contributed by atoms with Gasteiger partial charge in [-0.25, -0.2) is 4.79 Å². The lowest BCUT2D eigenvalue weighted by Crippen LogP contribution is -2.19. The van der Waals surface area contributed by atoms with Crippen molar-refractivity contribution in [3.8, 4) is 17.2 Å². The van der Waals surface area contributed by atoms with Crippen LogP contribution < -0.4 is 24.8 Å². The zero-order chi connectivity index (χ0) is 15.9. The molecule has 2 aromatic carbocycles. The fourth-order valence-electron chi connectivity index (χ4n) is 1.87. The largest absolute Gasteiger partial charge is 0.497 e. The highest BCUT2D eigenvalue weighted by Crippen LogP contribution is 2.29. The summed E-state index contributed by atoms with van der Waals surface area (Å²) in [5.41, 5.74) is 1.17. The van der Waals surface area contributed by atoms with Gasteiger partial charge in [-0.2, -0.15) is 0 Å². The van der Waals surface area contributed by atoms with Gasteiger partial charge >= 0.3 is 6.03 Å². The van der Waals surface area contributed by atoms with E-state index in [1.54, 1.807) is 56.7 Å². The van der Waals surface area contributed by atoms with Gasteiger partial charge < -0.3 is 24.8 Å². The Balaban J connectivity index is 2.07. The van der Waals surface area contributed by atoms with E-state index in [-0.39, 0.29) is 6.03 Å². The SMILES string of the molecule is COc1ccc(NC(=O)Nc2cc(OC)ccc2OC)cc1. The Hall–Kier alpha value is -2.89. The Kier molecular flexibility index (Phi) is 5.08. The minimum atomic E-state index is -0.378. The molecule has 0 heterocycles. The van der Waals surface area contributed by atoms with Crippen LogP contribution in [0.1, 0.15) is 0 Å². The van der Waals surface area contributed by atoms with Crippen molar-refractivity contribution in [2.24, 2.45) is 0 Å². The Bertz CT molecular complexity index is 641. The summed E-state index contributed by atoms with van der Waals surface area (Å²) in [5, 5.41) is 5.46. The van der Waals surface area contributed by atoms with Gasteiger partial charge in [0.15, 0.2) is 0 Å². The number of nitrogens with one attached hydrogen (secondary N) is 2. The second-order valence-electron chi connectivity index (χ2n) is 4.37. The molecule has 0 aromatic heterocycles. The Morgan fingerprint density at radius 1 is 0.818 bits per heavy atom. The lowest BCUT2D eigenvalue weighted by molar-refractivity contribution is 0.262. The van der Waals surface area contributed by atoms with Gasteiger partial charge in [-0.15, -0.1) is 0 Å². The molecule has 0 aliphatic carbocycles. The molecule has 6 nitrogen and oxygen atoms in total. The van der Waals surface area contributed by atoms with Gasteiger partial charge in [0, 0.05) is 11.8 Å². The van der Waals surface area contributed by atoms with E-state index >= 15 is 0 Å². The highest BCUT2D eigenvalue weighted by Gasteiger charge is 2.09. The number of methoxy groups -OCH3 is 3. The maximum Gasteiger partial charge on any atom is 0.323 e. The first-order valence-electron chi connectivity index (χ1n) is 6.60. The number of urea groups is 1. The topological polar surface area (TPSA) is 68.8 Å². The Labute approximate surface area is 129 Å². The van der Waals surface area contributed by atoms with Crippen molar-refractivity contribution in [2.45, 2.75) is 0 Å². The van der Waals surface area contributed by atoms with Crippen molar-refractivity contribution in [3.05, 3.63) is 42.5 Å². The summed E-state index contributed by atoms with van der Waals surface area (Å²) in [5.74, 6) is 1.90. The van der Waals surface area contributed by atoms with Crippen molar-refractivity contribution in [3.63, 3.8) is 0 Å². The number of anilines is 2. The quantitative estimate of drug-likeness (QED) is 0.888. The van der Waals surface area contributed by atoms with Crippen LogP contribution in [0.5, 0.6) is 17.2 Å². The van der Waals surface area contributed by atoms with Crippen LogP contribution in [0.25, 0.3) is 0 Å². The van der Waals surface area contributed by atoms with Crippen molar-refractivity contribution < 1.29 is 19.0 Å². The number of ether oxygens (including phenoxy) is 3. The molecule has 6 heteroatoms. The number of hydrogen-bond donors (Lipinski definition) is 2. The average molecular weight is 302 g/mol. The highest BCUT2D eigenvalue weighted by molar-refractivity contribution is 6.00. The molecule has 0 saturated heterocycles. The van der Waals surface area contributed by atoms with E-state index in [1.807, 2.05) is 0 Å². The smallest absolute Gasteiger partial charge is 0.323 e. The normalized spacial score (nSPS) is 9.77. The first-order valence-corrected chi connectivity index (χ1v) is 6.60. The summed E-state index contributed by atoms with van der Waals surface area (Å²) >= 11 is 0. The Morgan fingerprint density at radius 2 is 1.45 bits per heavy atom. The maximum absolute atomic E-state index is 12.1. The molecule has 0 atom stereocenters. The summed E-state index contributed by atoms with van der Waals surface area (Å²) in [6, 6.07) is 11.8. The molecule has 116 valence electrons. The molecule has 0 bridgehead atoms. The molecule has 0 fully saturated rings. The molecule has 2 N–H and O–H groups in total. The van der Waals surface area contributed by atoms with Crippen LogP contribution in [0, 0.1) is 0 Å². The Morgan fingerprint density at radius 3 is 2.05 bits per heavy atom. The molecular weight excluding hydrogens is 284 g/mol. The molecular formula is C16H18N2O4. The molecule has 2 rings (SSSR count). The number of benzene rings is 2. The number of amides is 2. The van der Waals surface area contributed by atoms with Crippen LogP contribution in [0.2, 0.25) is 0 Å². The van der Waals surface area contributed by atoms with Crippen LogP contribution in [0.3, 0.4) is 0 Å². The van der Waals surface area contributed by atoms with Gasteiger partial charge in [0.25, 0.3) is 0 Å². The summed E-state index contributed by atoms with van der Waals surface area (Å²) in [4.78, 5) is 12.1. The molecule has 22 heavy (non-hydrogen) atoms. The third-order valence-electron chi connectivity index (χ3n) is 3.00. The summed E-state index contributed by atoms with van der Waals surface area (Å²) in [6.45, 7) is 0. The lowest BCUT2D eigenvalue weighted by atomic mass is 10.2. The monoisotopic (exact) mass is 302 g/mol. The number of hydrogen-bond acceptors (Lipinski definition) is 4. The van der Waals surface area contributed by atoms with Gasteiger partial charge in [-0.05, 0) is 36.4 Å². The third kappa shape index (κ3) is 3.82. The zero-order valence-corrected chi connectivity index (χ0v) is 12.7. The van der Waals surface area contributed by atoms with Crippen LogP contribution in [0.15, 0.2) is 42.5 Å². The molecule has 2 aromatic rings. The van der Waals surface area contributed by atoms with Gasteiger partial charge in [0.1, 0.15) is 17.2 Å². The molecule has 0 aliphatic heterocycles. The van der Waals surface area contributed by atoms with E-state index < -0.39 is 0 Å². The standard InChI is InChI=1S/C16H18N2O4/c1-20-12-6-4-11(5-7-12)17-16(19)18-14-10-13(21-2)8-9-15(14)22-3/h4-10H,1-3H3,(H2,17,18,19). The highest BCUT2D eigenvalue weighted by atomic mass is 16.5. The van der Waals surface area contributed by atoms with E-state index in [4.69, 9.17) is 14.2 Å². The number of carbonyl (C=O) groups excluding carboxylic acids is 1. The molecule has 0 radical (unpaired) electrons. The molecule has 0 saturated carbocycles. The van der Waals surface area contributed by atoms with E-state index in [2.05, 4.69) is 10.6 Å². The lowest BCUT2D eigenvalue weighted by Gasteiger charge is -2.12. The summed E-state index contributed by atoms with van der Waals surface area (Å²) < 4.78 is 15.4. The second-order valence-corrected chi connectivity index (χ2v) is 4.37. The third-order valence-corrected chi connectivity index (χ3v) is 3.00. The second kappa shape index (κ2) is 7.21. The van der Waals surface area contributed by atoms with Crippen LogP contribution in [-0.4, -0.2) is 27.4 Å². The summed E-state index contributed by atoms with van der Waals surface area (Å²) in [7, 11) is 4.68. The molecule has 2 amide bonds. The fraction of sp³-hybridized carbons (Fsp3) is 0.188. The summed E-state index contributed by atoms with van der Waals surface area (Å²) in [6.07, 6.45) is 0. The van der Waals surface area contributed by atoms with Gasteiger partial charge in [0.2, 0.25) is 0 Å². The van der Waals surface area contributed by atoms with E-state index in [1.165, 1.54) is 7.11 Å². The average Bonchev–Trinajstić information content (AvgIpc) is 2.55. The van der Waals surface area contributed by atoms with Crippen molar-refractivity contribution in [2.75, 3.05) is 32.0 Å². The van der Waals surface area contributed by atoms with Crippen molar-refractivity contribution in [1.82, 2.24) is 0 Å².